The predicted molar refractivity (Wildman–Crippen MR) is 74.5 cm³/mol. The summed E-state index contributed by atoms with van der Waals surface area (Å²) in [5, 5.41) is 22.7. The van der Waals surface area contributed by atoms with Gasteiger partial charge >= 0.3 is 12.0 Å². The molecule has 1 aromatic carbocycles. The second kappa shape index (κ2) is 8.16. The molecule has 0 heterocycles. The van der Waals surface area contributed by atoms with E-state index in [4.69, 9.17) is 10.2 Å². The maximum absolute atomic E-state index is 11.5. The van der Waals surface area contributed by atoms with E-state index < -0.39 is 12.1 Å². The quantitative estimate of drug-likeness (QED) is 0.597. The second-order valence-electron chi connectivity index (χ2n) is 4.59. The Balaban J connectivity index is 2.22. The molecule has 0 bridgehead atoms. The number of carbonyl (C=O) groups excluding carboxylic acids is 1. The SMILES string of the molecule is CC(CNC(=O)NCC[C@H](O)C(=O)O)c1ccccc1. The molecule has 1 rings (SSSR count). The van der Waals surface area contributed by atoms with Crippen LogP contribution in [0.4, 0.5) is 4.79 Å². The van der Waals surface area contributed by atoms with Gasteiger partial charge in [0.1, 0.15) is 0 Å². The molecule has 6 heteroatoms. The van der Waals surface area contributed by atoms with Crippen LogP contribution in [0.3, 0.4) is 0 Å². The van der Waals surface area contributed by atoms with Crippen molar-refractivity contribution in [1.82, 2.24) is 10.6 Å². The van der Waals surface area contributed by atoms with Crippen LogP contribution in [-0.2, 0) is 4.79 Å². The highest BCUT2D eigenvalue weighted by Gasteiger charge is 2.13. The number of hydrogen-bond acceptors (Lipinski definition) is 3. The number of aliphatic hydroxyl groups is 1. The van der Waals surface area contributed by atoms with Crippen molar-refractivity contribution >= 4 is 12.0 Å². The fourth-order valence-electron chi connectivity index (χ4n) is 1.65. The Morgan fingerprint density at radius 2 is 1.85 bits per heavy atom. The molecule has 0 radical (unpaired) electrons. The maximum atomic E-state index is 11.5. The Hall–Kier alpha value is -2.08. The minimum absolute atomic E-state index is 0.0169. The van der Waals surface area contributed by atoms with Gasteiger partial charge in [0, 0.05) is 19.5 Å². The van der Waals surface area contributed by atoms with Crippen molar-refractivity contribution < 1.29 is 19.8 Å². The first kappa shape index (κ1) is 16.0. The number of urea groups is 1. The average molecular weight is 280 g/mol. The molecule has 0 aliphatic carbocycles. The van der Waals surface area contributed by atoms with Gasteiger partial charge in [-0.05, 0) is 11.5 Å². The van der Waals surface area contributed by atoms with E-state index >= 15 is 0 Å². The lowest BCUT2D eigenvalue weighted by molar-refractivity contribution is -0.146. The lowest BCUT2D eigenvalue weighted by Crippen LogP contribution is -2.39. The largest absolute Gasteiger partial charge is 0.479 e. The van der Waals surface area contributed by atoms with Crippen LogP contribution in [0.15, 0.2) is 30.3 Å². The summed E-state index contributed by atoms with van der Waals surface area (Å²) in [5.74, 6) is -1.10. The van der Waals surface area contributed by atoms with Crippen molar-refractivity contribution in [3.05, 3.63) is 35.9 Å². The third-order valence-electron chi connectivity index (χ3n) is 2.93. The molecule has 20 heavy (non-hydrogen) atoms. The Morgan fingerprint density at radius 1 is 1.20 bits per heavy atom. The summed E-state index contributed by atoms with van der Waals surface area (Å²) in [4.78, 5) is 21.8. The molecule has 0 aliphatic heterocycles. The predicted octanol–water partition coefficient (Wildman–Crippen LogP) is 0.925. The van der Waals surface area contributed by atoms with Crippen molar-refractivity contribution in [3.63, 3.8) is 0 Å². The zero-order chi connectivity index (χ0) is 15.0. The molecule has 1 unspecified atom stereocenters. The van der Waals surface area contributed by atoms with Gasteiger partial charge in [0.15, 0.2) is 6.10 Å². The zero-order valence-electron chi connectivity index (χ0n) is 11.4. The molecule has 2 amide bonds. The van der Waals surface area contributed by atoms with Crippen LogP contribution in [-0.4, -0.2) is 41.4 Å². The Labute approximate surface area is 117 Å². The molecule has 0 saturated heterocycles. The van der Waals surface area contributed by atoms with Crippen molar-refractivity contribution in [2.45, 2.75) is 25.4 Å². The van der Waals surface area contributed by atoms with Gasteiger partial charge in [0.2, 0.25) is 0 Å². The molecule has 0 aromatic heterocycles. The third-order valence-corrected chi connectivity index (χ3v) is 2.93. The van der Waals surface area contributed by atoms with E-state index in [0.717, 1.165) is 5.56 Å². The molecule has 1 aromatic rings. The number of rotatable bonds is 7. The first-order valence-electron chi connectivity index (χ1n) is 6.48. The van der Waals surface area contributed by atoms with Crippen molar-refractivity contribution in [1.29, 1.82) is 0 Å². The molecule has 0 saturated carbocycles. The van der Waals surface area contributed by atoms with E-state index in [9.17, 15) is 9.59 Å². The number of hydrogen-bond donors (Lipinski definition) is 4. The van der Waals surface area contributed by atoms with Gasteiger partial charge in [-0.25, -0.2) is 9.59 Å². The van der Waals surface area contributed by atoms with Gasteiger partial charge in [-0.3, -0.25) is 0 Å². The minimum atomic E-state index is -1.45. The monoisotopic (exact) mass is 280 g/mol. The van der Waals surface area contributed by atoms with Gasteiger partial charge in [0.25, 0.3) is 0 Å². The van der Waals surface area contributed by atoms with Crippen LogP contribution in [0, 0.1) is 0 Å². The summed E-state index contributed by atoms with van der Waals surface area (Å²) in [6, 6.07) is 9.44. The second-order valence-corrected chi connectivity index (χ2v) is 4.59. The molecule has 110 valence electrons. The lowest BCUT2D eigenvalue weighted by atomic mass is 10.0. The van der Waals surface area contributed by atoms with E-state index in [1.165, 1.54) is 0 Å². The smallest absolute Gasteiger partial charge is 0.332 e. The Kier molecular flexibility index (Phi) is 6.52. The first-order valence-corrected chi connectivity index (χ1v) is 6.48. The number of carboxylic acids is 1. The molecular weight excluding hydrogens is 260 g/mol. The lowest BCUT2D eigenvalue weighted by Gasteiger charge is -2.14. The van der Waals surface area contributed by atoms with Crippen LogP contribution in [0.1, 0.15) is 24.8 Å². The first-order chi connectivity index (χ1) is 9.50. The summed E-state index contributed by atoms with van der Waals surface area (Å²) in [6.07, 6.45) is -1.46. The number of aliphatic carboxylic acids is 1. The van der Waals surface area contributed by atoms with E-state index in [1.807, 2.05) is 37.3 Å². The normalized spacial score (nSPS) is 13.3. The number of amides is 2. The van der Waals surface area contributed by atoms with Crippen LogP contribution < -0.4 is 10.6 Å². The zero-order valence-corrected chi connectivity index (χ0v) is 11.4. The van der Waals surface area contributed by atoms with Crippen LogP contribution in [0.25, 0.3) is 0 Å². The summed E-state index contributed by atoms with van der Waals surface area (Å²) >= 11 is 0. The molecule has 4 N–H and O–H groups in total. The number of aliphatic hydroxyl groups excluding tert-OH is 1. The maximum Gasteiger partial charge on any atom is 0.332 e. The van der Waals surface area contributed by atoms with Crippen LogP contribution in [0.5, 0.6) is 0 Å². The number of carboxylic acid groups (broad SMARTS) is 1. The fraction of sp³-hybridized carbons (Fsp3) is 0.429. The number of nitrogens with one attached hydrogen (secondary N) is 2. The van der Waals surface area contributed by atoms with Crippen molar-refractivity contribution in [2.75, 3.05) is 13.1 Å². The van der Waals surface area contributed by atoms with Gasteiger partial charge in [-0.1, -0.05) is 37.3 Å². The fourth-order valence-corrected chi connectivity index (χ4v) is 1.65. The van der Waals surface area contributed by atoms with E-state index in [2.05, 4.69) is 10.6 Å². The molecule has 0 fully saturated rings. The highest BCUT2D eigenvalue weighted by Crippen LogP contribution is 2.12. The highest BCUT2D eigenvalue weighted by atomic mass is 16.4. The Morgan fingerprint density at radius 3 is 2.45 bits per heavy atom. The minimum Gasteiger partial charge on any atom is -0.479 e. The van der Waals surface area contributed by atoms with Gasteiger partial charge in [-0.15, -0.1) is 0 Å². The van der Waals surface area contributed by atoms with E-state index in [0.29, 0.717) is 6.54 Å². The van der Waals surface area contributed by atoms with Gasteiger partial charge in [-0.2, -0.15) is 0 Å². The van der Waals surface area contributed by atoms with E-state index in [1.54, 1.807) is 0 Å². The van der Waals surface area contributed by atoms with Gasteiger partial charge < -0.3 is 20.8 Å². The van der Waals surface area contributed by atoms with Crippen LogP contribution >= 0.6 is 0 Å². The van der Waals surface area contributed by atoms with Gasteiger partial charge in [0.05, 0.1) is 0 Å². The van der Waals surface area contributed by atoms with E-state index in [-0.39, 0.29) is 24.9 Å². The topological polar surface area (TPSA) is 98.7 Å². The number of benzene rings is 1. The molecule has 6 nitrogen and oxygen atoms in total. The molecular formula is C14H20N2O4. The Bertz CT molecular complexity index is 436. The molecule has 0 aliphatic rings. The average Bonchev–Trinajstić information content (AvgIpc) is 2.45. The highest BCUT2D eigenvalue weighted by molar-refractivity contribution is 5.74. The summed E-state index contributed by atoms with van der Waals surface area (Å²) in [5.41, 5.74) is 1.13. The number of carbonyl (C=O) groups is 2. The van der Waals surface area contributed by atoms with Crippen molar-refractivity contribution in [2.24, 2.45) is 0 Å². The summed E-state index contributed by atoms with van der Waals surface area (Å²) in [6.45, 7) is 2.60. The summed E-state index contributed by atoms with van der Waals surface area (Å²) < 4.78 is 0. The molecule has 0 spiro atoms. The standard InChI is InChI=1S/C14H20N2O4/c1-10(11-5-3-2-4-6-11)9-16-14(20)15-8-7-12(17)13(18)19/h2-6,10,12,17H,7-9H2,1H3,(H,18,19)(H2,15,16,20)/t10?,12-/m0/s1. The molecule has 2 atom stereocenters. The summed E-state index contributed by atoms with van der Waals surface area (Å²) in [7, 11) is 0. The van der Waals surface area contributed by atoms with Crippen molar-refractivity contribution in [3.8, 4) is 0 Å². The van der Waals surface area contributed by atoms with Crippen LogP contribution in [0.2, 0.25) is 0 Å². The third kappa shape index (κ3) is 5.71.